The van der Waals surface area contributed by atoms with Gasteiger partial charge < -0.3 is 15.0 Å². The number of pyridine rings is 1. The van der Waals surface area contributed by atoms with E-state index in [1.165, 1.54) is 12.1 Å². The first-order chi connectivity index (χ1) is 15.0. The van der Waals surface area contributed by atoms with Crippen LogP contribution in [0.4, 0.5) is 10.2 Å². The molecule has 1 N–H and O–H groups in total. The van der Waals surface area contributed by atoms with Gasteiger partial charge in [-0.2, -0.15) is 5.10 Å². The number of hydrogen-bond acceptors (Lipinski definition) is 5. The molecule has 3 aromatic rings. The van der Waals surface area contributed by atoms with Crippen molar-refractivity contribution in [3.05, 3.63) is 75.9 Å². The van der Waals surface area contributed by atoms with Crippen LogP contribution in [0.2, 0.25) is 5.15 Å². The summed E-state index contributed by atoms with van der Waals surface area (Å²) in [4.78, 5) is 19.4. The van der Waals surface area contributed by atoms with Crippen molar-refractivity contribution in [1.29, 1.82) is 0 Å². The van der Waals surface area contributed by atoms with Gasteiger partial charge in [-0.25, -0.2) is 14.1 Å². The van der Waals surface area contributed by atoms with Crippen LogP contribution in [0.3, 0.4) is 0 Å². The number of aryl methyl sites for hydroxylation is 1. The summed E-state index contributed by atoms with van der Waals surface area (Å²) in [6.07, 6.45) is 1.74. The Labute approximate surface area is 184 Å². The van der Waals surface area contributed by atoms with Gasteiger partial charge in [0.25, 0.3) is 5.91 Å². The number of benzene rings is 1. The number of aromatic nitrogens is 3. The maximum atomic E-state index is 13.1. The van der Waals surface area contributed by atoms with Crippen molar-refractivity contribution in [3.63, 3.8) is 0 Å². The molecule has 0 aliphatic carbocycles. The van der Waals surface area contributed by atoms with E-state index in [-0.39, 0.29) is 16.9 Å². The lowest BCUT2D eigenvalue weighted by Gasteiger charge is -2.28. The fraction of sp³-hybridized carbons (Fsp3) is 0.318. The van der Waals surface area contributed by atoms with Crippen molar-refractivity contribution in [2.24, 2.45) is 0 Å². The van der Waals surface area contributed by atoms with Crippen LogP contribution in [0, 0.1) is 12.7 Å². The quantitative estimate of drug-likeness (QED) is 0.633. The van der Waals surface area contributed by atoms with Crippen LogP contribution in [0.25, 0.3) is 0 Å². The Hall–Kier alpha value is -2.97. The SMILES string of the molecule is Cc1nn(Cc2ccc(F)cc2)c(Cl)c1C(=O)NCc1ccnc(N2CCOCC2)c1. The lowest BCUT2D eigenvalue weighted by atomic mass is 10.2. The Bertz CT molecular complexity index is 1060. The maximum absolute atomic E-state index is 13.1. The van der Waals surface area contributed by atoms with Crippen molar-refractivity contribution in [2.75, 3.05) is 31.2 Å². The molecule has 0 saturated carbocycles. The standard InChI is InChI=1S/C22H23ClFN5O2/c1-15-20(21(23)29(27-15)14-16-2-4-18(24)5-3-16)22(30)26-13-17-6-7-25-19(12-17)28-8-10-31-11-9-28/h2-7,12H,8-11,13-14H2,1H3,(H,26,30). The van der Waals surface area contributed by atoms with Gasteiger partial charge in [-0.15, -0.1) is 0 Å². The summed E-state index contributed by atoms with van der Waals surface area (Å²) in [6, 6.07) is 9.94. The van der Waals surface area contributed by atoms with Crippen LogP contribution in [0.15, 0.2) is 42.6 Å². The summed E-state index contributed by atoms with van der Waals surface area (Å²) in [6.45, 7) is 5.39. The second kappa shape index (κ2) is 9.45. The molecule has 9 heteroatoms. The number of carbonyl (C=O) groups excluding carboxylic acids is 1. The Morgan fingerprint density at radius 1 is 1.19 bits per heavy atom. The fourth-order valence-electron chi connectivity index (χ4n) is 3.49. The summed E-state index contributed by atoms with van der Waals surface area (Å²) < 4.78 is 20.0. The predicted octanol–water partition coefficient (Wildman–Crippen LogP) is 3.19. The highest BCUT2D eigenvalue weighted by Gasteiger charge is 2.20. The number of rotatable bonds is 6. The number of nitrogens with one attached hydrogen (secondary N) is 1. The second-order valence-corrected chi connectivity index (χ2v) is 7.70. The number of halogens is 2. The Morgan fingerprint density at radius 2 is 1.94 bits per heavy atom. The molecule has 4 rings (SSSR count). The number of morpholine rings is 1. The monoisotopic (exact) mass is 443 g/mol. The van der Waals surface area contributed by atoms with Crippen LogP contribution in [0.5, 0.6) is 0 Å². The predicted molar refractivity (Wildman–Crippen MR) is 116 cm³/mol. The average molecular weight is 444 g/mol. The van der Waals surface area contributed by atoms with Crippen molar-refractivity contribution in [3.8, 4) is 0 Å². The molecule has 0 bridgehead atoms. The zero-order valence-electron chi connectivity index (χ0n) is 17.1. The minimum Gasteiger partial charge on any atom is -0.378 e. The molecule has 0 atom stereocenters. The number of carbonyl (C=O) groups is 1. The first-order valence-electron chi connectivity index (χ1n) is 10.0. The molecule has 1 aliphatic rings. The van der Waals surface area contributed by atoms with Gasteiger partial charge in [-0.3, -0.25) is 4.79 Å². The van der Waals surface area contributed by atoms with Crippen LogP contribution in [-0.2, 0) is 17.8 Å². The largest absolute Gasteiger partial charge is 0.378 e. The van der Waals surface area contributed by atoms with Crippen LogP contribution in [-0.4, -0.2) is 47.0 Å². The van der Waals surface area contributed by atoms with Gasteiger partial charge in [0.15, 0.2) is 0 Å². The molecule has 0 unspecified atom stereocenters. The molecule has 0 spiro atoms. The first-order valence-corrected chi connectivity index (χ1v) is 10.4. The summed E-state index contributed by atoms with van der Waals surface area (Å²) in [5.41, 5.74) is 2.65. The smallest absolute Gasteiger partial charge is 0.256 e. The number of hydrogen-bond donors (Lipinski definition) is 1. The van der Waals surface area contributed by atoms with Crippen LogP contribution < -0.4 is 10.2 Å². The van der Waals surface area contributed by atoms with Crippen molar-refractivity contribution >= 4 is 23.3 Å². The molecular weight excluding hydrogens is 421 g/mol. The van der Waals surface area contributed by atoms with Gasteiger partial charge in [-0.1, -0.05) is 23.7 Å². The van der Waals surface area contributed by atoms with Crippen molar-refractivity contribution in [1.82, 2.24) is 20.1 Å². The topological polar surface area (TPSA) is 72.3 Å². The molecule has 1 amide bonds. The van der Waals surface area contributed by atoms with E-state index in [1.807, 2.05) is 12.1 Å². The summed E-state index contributed by atoms with van der Waals surface area (Å²) >= 11 is 6.45. The molecule has 3 heterocycles. The number of amides is 1. The third kappa shape index (κ3) is 5.03. The molecule has 1 saturated heterocycles. The minimum absolute atomic E-state index is 0.253. The molecule has 1 aliphatic heterocycles. The summed E-state index contributed by atoms with van der Waals surface area (Å²) in [5, 5.41) is 7.55. The molecule has 2 aromatic heterocycles. The van der Waals surface area contributed by atoms with Crippen molar-refractivity contribution < 1.29 is 13.9 Å². The molecule has 31 heavy (non-hydrogen) atoms. The zero-order valence-corrected chi connectivity index (χ0v) is 17.9. The lowest BCUT2D eigenvalue weighted by molar-refractivity contribution is 0.0950. The van der Waals surface area contributed by atoms with Gasteiger partial charge in [0.1, 0.15) is 16.8 Å². The second-order valence-electron chi connectivity index (χ2n) is 7.34. The Kier molecular flexibility index (Phi) is 6.48. The van der Waals surface area contributed by atoms with Gasteiger partial charge in [-0.05, 0) is 42.3 Å². The maximum Gasteiger partial charge on any atom is 0.256 e. The van der Waals surface area contributed by atoms with E-state index >= 15 is 0 Å². The number of nitrogens with zero attached hydrogens (tertiary/aromatic N) is 4. The molecule has 1 fully saturated rings. The van der Waals surface area contributed by atoms with E-state index in [4.69, 9.17) is 16.3 Å². The molecule has 1 aromatic carbocycles. The van der Waals surface area contributed by atoms with E-state index in [9.17, 15) is 9.18 Å². The number of anilines is 1. The highest BCUT2D eigenvalue weighted by Crippen LogP contribution is 2.21. The van der Waals surface area contributed by atoms with Gasteiger partial charge in [0.2, 0.25) is 0 Å². The first kappa shape index (κ1) is 21.3. The number of ether oxygens (including phenoxy) is 1. The Morgan fingerprint density at radius 3 is 2.68 bits per heavy atom. The Balaban J connectivity index is 1.43. The third-order valence-corrected chi connectivity index (χ3v) is 5.52. The highest BCUT2D eigenvalue weighted by molar-refractivity contribution is 6.33. The summed E-state index contributed by atoms with van der Waals surface area (Å²) in [5.74, 6) is 0.272. The molecule has 7 nitrogen and oxygen atoms in total. The van der Waals surface area contributed by atoms with E-state index in [1.54, 1.807) is 29.9 Å². The minimum atomic E-state index is -0.306. The van der Waals surface area contributed by atoms with Gasteiger partial charge in [0.05, 0.1) is 31.0 Å². The molecular formula is C22H23ClFN5O2. The van der Waals surface area contributed by atoms with E-state index in [2.05, 4.69) is 20.3 Å². The van der Waals surface area contributed by atoms with Gasteiger partial charge >= 0.3 is 0 Å². The third-order valence-electron chi connectivity index (χ3n) is 5.14. The van der Waals surface area contributed by atoms with Crippen molar-refractivity contribution in [2.45, 2.75) is 20.0 Å². The van der Waals surface area contributed by atoms with E-state index < -0.39 is 0 Å². The highest BCUT2D eigenvalue weighted by atomic mass is 35.5. The van der Waals surface area contributed by atoms with E-state index in [0.29, 0.717) is 37.6 Å². The van der Waals surface area contributed by atoms with Crippen LogP contribution >= 0.6 is 11.6 Å². The molecule has 162 valence electrons. The summed E-state index contributed by atoms with van der Waals surface area (Å²) in [7, 11) is 0. The van der Waals surface area contributed by atoms with Gasteiger partial charge in [0, 0.05) is 25.8 Å². The fourth-order valence-corrected chi connectivity index (χ4v) is 3.81. The average Bonchev–Trinajstić information content (AvgIpc) is 3.07. The van der Waals surface area contributed by atoms with Crippen LogP contribution in [0.1, 0.15) is 27.2 Å². The zero-order chi connectivity index (χ0) is 21.8. The van der Waals surface area contributed by atoms with E-state index in [0.717, 1.165) is 30.0 Å². The normalized spacial score (nSPS) is 14.0. The molecule has 0 radical (unpaired) electrons. The lowest BCUT2D eigenvalue weighted by Crippen LogP contribution is -2.36.